The van der Waals surface area contributed by atoms with Crippen LogP contribution in [-0.4, -0.2) is 78.1 Å². The number of nitrogens with one attached hydrogen (secondary N) is 1. The van der Waals surface area contributed by atoms with Gasteiger partial charge in [-0.3, -0.25) is 9.59 Å². The van der Waals surface area contributed by atoms with Gasteiger partial charge in [0.2, 0.25) is 5.91 Å². The molecule has 1 unspecified atom stereocenters. The normalized spacial score (nSPS) is 16.8. The molecule has 0 spiro atoms. The molecule has 1 fully saturated rings. The SMILES string of the molecule is COCC1(O)CN(C(=O)C(CC(=O)O)NC(=O)OCC2c3ccccc3-c3ccccc32)C1. The lowest BCUT2D eigenvalue weighted by Crippen LogP contribution is -2.68. The van der Waals surface area contributed by atoms with E-state index < -0.39 is 36.0 Å². The molecule has 4 rings (SSSR count). The van der Waals surface area contributed by atoms with Gasteiger partial charge in [0.15, 0.2) is 0 Å². The predicted molar refractivity (Wildman–Crippen MR) is 118 cm³/mol. The summed E-state index contributed by atoms with van der Waals surface area (Å²) in [5.74, 6) is -1.98. The zero-order valence-corrected chi connectivity index (χ0v) is 18.2. The molecule has 9 nitrogen and oxygen atoms in total. The van der Waals surface area contributed by atoms with Gasteiger partial charge in [-0.05, 0) is 22.3 Å². The number of β-amino-alcohol motifs (C(OH)–C–C–N with tert-alkyl or cyclic N) is 1. The highest BCUT2D eigenvalue weighted by Gasteiger charge is 2.46. The van der Waals surface area contributed by atoms with E-state index in [0.29, 0.717) is 0 Å². The number of aliphatic carboxylic acids is 1. The second-order valence-corrected chi connectivity index (χ2v) is 8.47. The molecule has 2 aromatic rings. The summed E-state index contributed by atoms with van der Waals surface area (Å²) in [6.45, 7) is 0.107. The third-order valence-electron chi connectivity index (χ3n) is 6.01. The number of carbonyl (C=O) groups is 3. The Morgan fingerprint density at radius 1 is 1.09 bits per heavy atom. The average molecular weight is 454 g/mol. The van der Waals surface area contributed by atoms with Crippen LogP contribution in [0.5, 0.6) is 0 Å². The van der Waals surface area contributed by atoms with E-state index in [0.717, 1.165) is 22.3 Å². The lowest BCUT2D eigenvalue weighted by atomic mass is 9.94. The van der Waals surface area contributed by atoms with Gasteiger partial charge >= 0.3 is 12.1 Å². The number of carboxylic acid groups (broad SMARTS) is 1. The van der Waals surface area contributed by atoms with Crippen molar-refractivity contribution in [3.05, 3.63) is 59.7 Å². The highest BCUT2D eigenvalue weighted by molar-refractivity contribution is 5.90. The van der Waals surface area contributed by atoms with Crippen LogP contribution in [0.2, 0.25) is 0 Å². The number of fused-ring (bicyclic) bond motifs is 3. The first-order valence-electron chi connectivity index (χ1n) is 10.6. The average Bonchev–Trinajstić information content (AvgIpc) is 3.09. The Balaban J connectivity index is 1.39. The van der Waals surface area contributed by atoms with Crippen molar-refractivity contribution in [2.24, 2.45) is 0 Å². The van der Waals surface area contributed by atoms with Crippen LogP contribution < -0.4 is 5.32 Å². The minimum atomic E-state index is -1.30. The van der Waals surface area contributed by atoms with Gasteiger partial charge in [0.25, 0.3) is 0 Å². The zero-order chi connectivity index (χ0) is 23.6. The number of rotatable bonds is 8. The number of likely N-dealkylation sites (tertiary alicyclic amines) is 1. The molecule has 0 radical (unpaired) electrons. The quantitative estimate of drug-likeness (QED) is 0.553. The summed E-state index contributed by atoms with van der Waals surface area (Å²) in [5.41, 5.74) is 3.09. The number of alkyl carbamates (subject to hydrolysis) is 1. The number of hydrogen-bond donors (Lipinski definition) is 3. The Morgan fingerprint density at radius 3 is 2.21 bits per heavy atom. The number of carboxylic acids is 1. The molecule has 1 aliphatic carbocycles. The highest BCUT2D eigenvalue weighted by Crippen LogP contribution is 2.44. The van der Waals surface area contributed by atoms with E-state index in [9.17, 15) is 24.6 Å². The molecule has 1 saturated heterocycles. The van der Waals surface area contributed by atoms with E-state index >= 15 is 0 Å². The van der Waals surface area contributed by atoms with Crippen LogP contribution in [0.15, 0.2) is 48.5 Å². The summed E-state index contributed by atoms with van der Waals surface area (Å²) in [6, 6.07) is 14.5. The van der Waals surface area contributed by atoms with Gasteiger partial charge in [-0.25, -0.2) is 4.79 Å². The molecular weight excluding hydrogens is 428 g/mol. The van der Waals surface area contributed by atoms with Gasteiger partial charge in [0.05, 0.1) is 26.1 Å². The van der Waals surface area contributed by atoms with Gasteiger partial charge in [-0.15, -0.1) is 0 Å². The molecule has 0 bridgehead atoms. The summed E-state index contributed by atoms with van der Waals surface area (Å²) in [7, 11) is 1.44. The van der Waals surface area contributed by atoms with Crippen LogP contribution in [0.3, 0.4) is 0 Å². The van der Waals surface area contributed by atoms with Crippen LogP contribution in [-0.2, 0) is 19.1 Å². The fourth-order valence-corrected chi connectivity index (χ4v) is 4.56. The van der Waals surface area contributed by atoms with E-state index in [-0.39, 0.29) is 32.2 Å². The van der Waals surface area contributed by atoms with Crippen molar-refractivity contribution in [2.75, 3.05) is 33.4 Å². The van der Waals surface area contributed by atoms with Crippen molar-refractivity contribution in [3.8, 4) is 11.1 Å². The fraction of sp³-hybridized carbons (Fsp3) is 0.375. The minimum absolute atomic E-state index is 0.00214. The second-order valence-electron chi connectivity index (χ2n) is 8.47. The first-order valence-corrected chi connectivity index (χ1v) is 10.6. The van der Waals surface area contributed by atoms with Crippen LogP contribution in [0.1, 0.15) is 23.5 Å². The summed E-state index contributed by atoms with van der Waals surface area (Å²) < 4.78 is 10.4. The molecule has 1 aliphatic heterocycles. The second kappa shape index (κ2) is 9.21. The topological polar surface area (TPSA) is 125 Å². The summed E-state index contributed by atoms with van der Waals surface area (Å²) >= 11 is 0. The third kappa shape index (κ3) is 4.69. The molecule has 33 heavy (non-hydrogen) atoms. The Kier molecular flexibility index (Phi) is 6.35. The molecule has 3 N–H and O–H groups in total. The standard InChI is InChI=1S/C24H26N2O7/c1-32-14-24(31)12-26(13-24)22(29)20(10-21(27)28)25-23(30)33-11-19-17-8-4-2-6-15(17)16-7-3-5-9-18(16)19/h2-9,19-20,31H,10-14H2,1H3,(H,25,30)(H,27,28). The molecular formula is C24H26N2O7. The molecule has 1 atom stereocenters. The summed E-state index contributed by atoms with van der Waals surface area (Å²) in [5, 5.41) is 21.8. The smallest absolute Gasteiger partial charge is 0.407 e. The molecule has 174 valence electrons. The van der Waals surface area contributed by atoms with Crippen LogP contribution in [0.4, 0.5) is 4.79 Å². The number of nitrogens with zero attached hydrogens (tertiary/aromatic N) is 1. The number of amides is 2. The molecule has 2 amide bonds. The highest BCUT2D eigenvalue weighted by atomic mass is 16.5. The summed E-state index contributed by atoms with van der Waals surface area (Å²) in [4.78, 5) is 37.8. The molecule has 0 aromatic heterocycles. The van der Waals surface area contributed by atoms with E-state index in [1.807, 2.05) is 48.5 Å². The van der Waals surface area contributed by atoms with Gasteiger partial charge in [-0.2, -0.15) is 0 Å². The van der Waals surface area contributed by atoms with Gasteiger partial charge in [-0.1, -0.05) is 48.5 Å². The molecule has 2 aliphatic rings. The lowest BCUT2D eigenvalue weighted by molar-refractivity contribution is -0.167. The Labute approximate surface area is 190 Å². The van der Waals surface area contributed by atoms with Gasteiger partial charge < -0.3 is 29.9 Å². The first-order chi connectivity index (χ1) is 15.8. The minimum Gasteiger partial charge on any atom is -0.481 e. The van der Waals surface area contributed by atoms with Crippen molar-refractivity contribution < 1.29 is 34.1 Å². The van der Waals surface area contributed by atoms with E-state index in [1.165, 1.54) is 12.0 Å². The molecule has 0 saturated carbocycles. The van der Waals surface area contributed by atoms with Crippen molar-refractivity contribution in [3.63, 3.8) is 0 Å². The Morgan fingerprint density at radius 2 is 1.67 bits per heavy atom. The van der Waals surface area contributed by atoms with E-state index in [1.54, 1.807) is 0 Å². The number of hydrogen-bond acceptors (Lipinski definition) is 6. The number of aliphatic hydroxyl groups is 1. The maximum absolute atomic E-state index is 12.7. The summed E-state index contributed by atoms with van der Waals surface area (Å²) in [6.07, 6.45) is -1.47. The van der Waals surface area contributed by atoms with Crippen molar-refractivity contribution >= 4 is 18.0 Å². The van der Waals surface area contributed by atoms with Crippen molar-refractivity contribution in [1.82, 2.24) is 10.2 Å². The zero-order valence-electron chi connectivity index (χ0n) is 18.2. The Bertz CT molecular complexity index is 1020. The van der Waals surface area contributed by atoms with Crippen LogP contribution in [0, 0.1) is 0 Å². The number of benzene rings is 2. The van der Waals surface area contributed by atoms with E-state index in [4.69, 9.17) is 9.47 Å². The van der Waals surface area contributed by atoms with Crippen LogP contribution >= 0.6 is 0 Å². The van der Waals surface area contributed by atoms with Gasteiger partial charge in [0, 0.05) is 13.0 Å². The fourth-order valence-electron chi connectivity index (χ4n) is 4.56. The monoisotopic (exact) mass is 454 g/mol. The maximum Gasteiger partial charge on any atom is 0.407 e. The third-order valence-corrected chi connectivity index (χ3v) is 6.01. The van der Waals surface area contributed by atoms with Crippen LogP contribution in [0.25, 0.3) is 11.1 Å². The van der Waals surface area contributed by atoms with E-state index in [2.05, 4.69) is 5.32 Å². The molecule has 2 aromatic carbocycles. The number of methoxy groups -OCH3 is 1. The molecule has 1 heterocycles. The Hall–Kier alpha value is -3.43. The predicted octanol–water partition coefficient (Wildman–Crippen LogP) is 1.59. The largest absolute Gasteiger partial charge is 0.481 e. The van der Waals surface area contributed by atoms with Gasteiger partial charge in [0.1, 0.15) is 18.2 Å². The maximum atomic E-state index is 12.7. The first kappa shape index (κ1) is 22.8. The van der Waals surface area contributed by atoms with Crippen molar-refractivity contribution in [1.29, 1.82) is 0 Å². The lowest BCUT2D eigenvalue weighted by Gasteiger charge is -2.46. The number of ether oxygens (including phenoxy) is 2. The number of carbonyl (C=O) groups excluding carboxylic acids is 2. The molecule has 9 heteroatoms. The van der Waals surface area contributed by atoms with Crippen molar-refractivity contribution in [2.45, 2.75) is 24.0 Å².